The first-order valence-electron chi connectivity index (χ1n) is 8.33. The number of amides is 2. The molecular formula is C20H15N3O4. The van der Waals surface area contributed by atoms with Crippen molar-refractivity contribution in [3.8, 4) is 5.69 Å². The monoisotopic (exact) mass is 361 g/mol. The van der Waals surface area contributed by atoms with E-state index in [1.165, 1.54) is 0 Å². The standard InChI is InChI=1S/C20H15N3O4/c24-18(12-22-19(25)16-4-1-2-5-17(16)20(22)26)27-13-14-6-8-15(9-7-14)23-11-3-10-21-23/h1-11H,12-13H2. The van der Waals surface area contributed by atoms with Gasteiger partial charge < -0.3 is 4.74 Å². The quantitative estimate of drug-likeness (QED) is 0.514. The molecule has 0 N–H and O–H groups in total. The summed E-state index contributed by atoms with van der Waals surface area (Å²) in [5, 5.41) is 4.14. The summed E-state index contributed by atoms with van der Waals surface area (Å²) in [6.45, 7) is -0.348. The van der Waals surface area contributed by atoms with Crippen LogP contribution in [0.3, 0.4) is 0 Å². The molecule has 2 aromatic carbocycles. The number of imide groups is 1. The summed E-state index contributed by atoms with van der Waals surface area (Å²) in [7, 11) is 0. The SMILES string of the molecule is O=C(CN1C(=O)c2ccccc2C1=O)OCc1ccc(-n2cccn2)cc1. The third-order valence-electron chi connectivity index (χ3n) is 4.27. The fourth-order valence-corrected chi connectivity index (χ4v) is 2.89. The van der Waals surface area contributed by atoms with Crippen molar-refractivity contribution in [1.29, 1.82) is 0 Å². The Balaban J connectivity index is 1.35. The van der Waals surface area contributed by atoms with Crippen LogP contribution in [0, 0.1) is 0 Å². The summed E-state index contributed by atoms with van der Waals surface area (Å²) in [4.78, 5) is 37.5. The lowest BCUT2D eigenvalue weighted by molar-refractivity contribution is -0.145. The summed E-state index contributed by atoms with van der Waals surface area (Å²) in [6, 6.07) is 15.7. The van der Waals surface area contributed by atoms with Gasteiger partial charge in [-0.1, -0.05) is 24.3 Å². The van der Waals surface area contributed by atoms with Crippen LogP contribution < -0.4 is 0 Å². The van der Waals surface area contributed by atoms with Crippen molar-refractivity contribution >= 4 is 17.8 Å². The number of hydrogen-bond acceptors (Lipinski definition) is 5. The van der Waals surface area contributed by atoms with E-state index in [2.05, 4.69) is 5.10 Å². The first-order valence-corrected chi connectivity index (χ1v) is 8.33. The van der Waals surface area contributed by atoms with Gasteiger partial charge in [-0.3, -0.25) is 19.3 Å². The molecule has 27 heavy (non-hydrogen) atoms. The van der Waals surface area contributed by atoms with Gasteiger partial charge >= 0.3 is 5.97 Å². The summed E-state index contributed by atoms with van der Waals surface area (Å²) in [5.41, 5.74) is 2.30. The molecule has 1 aromatic heterocycles. The Labute approximate surface area is 154 Å². The van der Waals surface area contributed by atoms with E-state index >= 15 is 0 Å². The van der Waals surface area contributed by atoms with Crippen LogP contribution in [0.25, 0.3) is 5.69 Å². The van der Waals surface area contributed by atoms with E-state index < -0.39 is 24.3 Å². The van der Waals surface area contributed by atoms with E-state index in [0.29, 0.717) is 11.1 Å². The van der Waals surface area contributed by atoms with Crippen LogP contribution in [0.5, 0.6) is 0 Å². The third kappa shape index (κ3) is 3.22. The molecule has 1 aliphatic rings. The number of ether oxygens (including phenoxy) is 1. The molecule has 3 aromatic rings. The van der Waals surface area contributed by atoms with Gasteiger partial charge in [0.25, 0.3) is 11.8 Å². The largest absolute Gasteiger partial charge is 0.459 e. The number of aromatic nitrogens is 2. The number of fused-ring (bicyclic) bond motifs is 1. The highest BCUT2D eigenvalue weighted by atomic mass is 16.5. The Morgan fingerprint density at radius 1 is 0.926 bits per heavy atom. The Morgan fingerprint density at radius 2 is 1.59 bits per heavy atom. The Hall–Kier alpha value is -3.74. The highest BCUT2D eigenvalue weighted by Gasteiger charge is 2.36. The second kappa shape index (κ2) is 6.87. The maximum atomic E-state index is 12.3. The van der Waals surface area contributed by atoms with Crippen molar-refractivity contribution in [2.45, 2.75) is 6.61 Å². The van der Waals surface area contributed by atoms with Gasteiger partial charge in [0.2, 0.25) is 0 Å². The van der Waals surface area contributed by atoms with Gasteiger partial charge in [0.05, 0.1) is 16.8 Å². The molecule has 0 bridgehead atoms. The minimum Gasteiger partial charge on any atom is -0.459 e. The van der Waals surface area contributed by atoms with Crippen molar-refractivity contribution in [1.82, 2.24) is 14.7 Å². The zero-order chi connectivity index (χ0) is 18.8. The van der Waals surface area contributed by atoms with Crippen molar-refractivity contribution in [2.75, 3.05) is 6.54 Å². The van der Waals surface area contributed by atoms with Gasteiger partial charge in [-0.2, -0.15) is 5.10 Å². The lowest BCUT2D eigenvalue weighted by Gasteiger charge is -2.13. The van der Waals surface area contributed by atoms with Gasteiger partial charge in [-0.15, -0.1) is 0 Å². The van der Waals surface area contributed by atoms with Crippen molar-refractivity contribution in [3.05, 3.63) is 83.7 Å². The summed E-state index contributed by atoms with van der Waals surface area (Å²) < 4.78 is 6.93. The number of esters is 1. The molecule has 0 radical (unpaired) electrons. The first kappa shape index (κ1) is 16.7. The number of carbonyl (C=O) groups excluding carboxylic acids is 3. The minimum atomic E-state index is -0.638. The molecule has 0 fully saturated rings. The molecule has 2 heterocycles. The lowest BCUT2D eigenvalue weighted by atomic mass is 10.1. The molecule has 0 saturated heterocycles. The number of benzene rings is 2. The van der Waals surface area contributed by atoms with Gasteiger partial charge in [0, 0.05) is 12.4 Å². The van der Waals surface area contributed by atoms with Crippen molar-refractivity contribution in [2.24, 2.45) is 0 Å². The number of rotatable bonds is 5. The number of carbonyl (C=O) groups is 3. The second-order valence-electron chi connectivity index (χ2n) is 6.02. The predicted molar refractivity (Wildman–Crippen MR) is 95.2 cm³/mol. The van der Waals surface area contributed by atoms with Crippen molar-refractivity contribution in [3.63, 3.8) is 0 Å². The fraction of sp³-hybridized carbons (Fsp3) is 0.100. The lowest BCUT2D eigenvalue weighted by Crippen LogP contribution is -2.35. The van der Waals surface area contributed by atoms with Gasteiger partial charge in [0.1, 0.15) is 13.2 Å². The Morgan fingerprint density at radius 3 is 2.19 bits per heavy atom. The van der Waals surface area contributed by atoms with Crippen LogP contribution in [-0.4, -0.2) is 39.0 Å². The van der Waals surface area contributed by atoms with Gasteiger partial charge in [-0.25, -0.2) is 4.68 Å². The molecule has 1 aliphatic heterocycles. The maximum Gasteiger partial charge on any atom is 0.326 e. The van der Waals surface area contributed by atoms with Gasteiger partial charge in [-0.05, 0) is 35.9 Å². The first-order chi connectivity index (χ1) is 13.1. The van der Waals surface area contributed by atoms with E-state index in [4.69, 9.17) is 4.74 Å². The zero-order valence-corrected chi connectivity index (χ0v) is 14.2. The summed E-state index contributed by atoms with van der Waals surface area (Å²) >= 11 is 0. The smallest absolute Gasteiger partial charge is 0.326 e. The predicted octanol–water partition coefficient (Wildman–Crippen LogP) is 2.21. The van der Waals surface area contributed by atoms with E-state index in [-0.39, 0.29) is 6.61 Å². The zero-order valence-electron chi connectivity index (χ0n) is 14.2. The minimum absolute atomic E-state index is 0.0569. The average Bonchev–Trinajstić information content (AvgIpc) is 3.31. The Bertz CT molecular complexity index is 975. The van der Waals surface area contributed by atoms with Crippen LogP contribution >= 0.6 is 0 Å². The number of hydrogen-bond donors (Lipinski definition) is 0. The summed E-state index contributed by atoms with van der Waals surface area (Å²) in [6.07, 6.45) is 3.52. The van der Waals surface area contributed by atoms with Crippen molar-refractivity contribution < 1.29 is 19.1 Å². The molecule has 4 rings (SSSR count). The molecule has 0 atom stereocenters. The molecule has 0 aliphatic carbocycles. The average molecular weight is 361 g/mol. The molecule has 7 heteroatoms. The molecule has 7 nitrogen and oxygen atoms in total. The van der Waals surface area contributed by atoms with E-state index in [1.807, 2.05) is 36.5 Å². The molecule has 0 saturated carbocycles. The van der Waals surface area contributed by atoms with Crippen LogP contribution in [0.15, 0.2) is 67.0 Å². The van der Waals surface area contributed by atoms with E-state index in [0.717, 1.165) is 16.2 Å². The normalized spacial score (nSPS) is 13.0. The van der Waals surface area contributed by atoms with Gasteiger partial charge in [0.15, 0.2) is 0 Å². The van der Waals surface area contributed by atoms with Crippen LogP contribution in [0.1, 0.15) is 26.3 Å². The maximum absolute atomic E-state index is 12.3. The van der Waals surface area contributed by atoms with Crippen LogP contribution in [-0.2, 0) is 16.1 Å². The van der Waals surface area contributed by atoms with E-state index in [9.17, 15) is 14.4 Å². The molecule has 0 spiro atoms. The molecule has 0 unspecified atom stereocenters. The fourth-order valence-electron chi connectivity index (χ4n) is 2.89. The summed E-state index contributed by atoms with van der Waals surface area (Å²) in [5.74, 6) is -1.59. The number of nitrogens with zero attached hydrogens (tertiary/aromatic N) is 3. The molecule has 134 valence electrons. The van der Waals surface area contributed by atoms with E-state index in [1.54, 1.807) is 35.1 Å². The topological polar surface area (TPSA) is 81.5 Å². The second-order valence-corrected chi connectivity index (χ2v) is 6.02. The molecular weight excluding hydrogens is 346 g/mol. The third-order valence-corrected chi connectivity index (χ3v) is 4.27. The van der Waals surface area contributed by atoms with Crippen LogP contribution in [0.2, 0.25) is 0 Å². The molecule has 2 amide bonds. The Kier molecular flexibility index (Phi) is 4.25. The highest BCUT2D eigenvalue weighted by molar-refractivity contribution is 6.22. The van der Waals surface area contributed by atoms with Crippen LogP contribution in [0.4, 0.5) is 0 Å². The highest BCUT2D eigenvalue weighted by Crippen LogP contribution is 2.22.